The third-order valence-electron chi connectivity index (χ3n) is 3.88. The number of nitrogens with one attached hydrogen (secondary N) is 1. The van der Waals surface area contributed by atoms with Crippen LogP contribution in [0.15, 0.2) is 30.3 Å². The van der Waals surface area contributed by atoms with Crippen LogP contribution in [-0.2, 0) is 9.59 Å². The molecule has 0 spiro atoms. The summed E-state index contributed by atoms with van der Waals surface area (Å²) in [7, 11) is 0. The molecule has 20 heavy (non-hydrogen) atoms. The van der Waals surface area contributed by atoms with Crippen LogP contribution in [0, 0.1) is 11.8 Å². The molecular formula is C15H19NO4. The Kier molecular flexibility index (Phi) is 4.74. The lowest BCUT2D eigenvalue weighted by Gasteiger charge is -2.18. The van der Waals surface area contributed by atoms with E-state index in [4.69, 9.17) is 5.11 Å². The molecule has 0 bridgehead atoms. The minimum atomic E-state index is -1.21. The quantitative estimate of drug-likeness (QED) is 0.758. The minimum Gasteiger partial charge on any atom is -0.481 e. The molecule has 3 unspecified atom stereocenters. The number of carboxylic acid groups (broad SMARTS) is 1. The fraction of sp³-hybridized carbons (Fsp3) is 0.467. The van der Waals surface area contributed by atoms with Gasteiger partial charge in [0, 0.05) is 6.54 Å². The van der Waals surface area contributed by atoms with Crippen molar-refractivity contribution in [3.63, 3.8) is 0 Å². The Bertz CT molecular complexity index is 474. The van der Waals surface area contributed by atoms with Gasteiger partial charge in [-0.2, -0.15) is 0 Å². The normalized spacial score (nSPS) is 23.2. The van der Waals surface area contributed by atoms with Crippen molar-refractivity contribution in [1.29, 1.82) is 0 Å². The number of carbonyl (C=O) groups excluding carboxylic acids is 1. The van der Waals surface area contributed by atoms with Gasteiger partial charge in [-0.1, -0.05) is 36.8 Å². The molecule has 1 saturated carbocycles. The Morgan fingerprint density at radius 2 is 1.95 bits per heavy atom. The number of amides is 1. The first-order valence-electron chi connectivity index (χ1n) is 6.83. The zero-order chi connectivity index (χ0) is 14.5. The van der Waals surface area contributed by atoms with E-state index in [9.17, 15) is 14.7 Å². The van der Waals surface area contributed by atoms with E-state index in [1.54, 1.807) is 24.3 Å². The molecule has 0 aliphatic heterocycles. The number of carbonyl (C=O) groups is 2. The summed E-state index contributed by atoms with van der Waals surface area (Å²) < 4.78 is 0. The summed E-state index contributed by atoms with van der Waals surface area (Å²) in [4.78, 5) is 22.9. The summed E-state index contributed by atoms with van der Waals surface area (Å²) in [6, 6.07) is 8.68. The molecule has 0 saturated heterocycles. The first kappa shape index (κ1) is 14.5. The summed E-state index contributed by atoms with van der Waals surface area (Å²) in [5, 5.41) is 21.6. The number of aliphatic carboxylic acids is 1. The number of aliphatic hydroxyl groups is 1. The molecule has 1 aromatic rings. The smallest absolute Gasteiger partial charge is 0.306 e. The summed E-state index contributed by atoms with van der Waals surface area (Å²) in [6.07, 6.45) is 1.13. The molecule has 1 aliphatic carbocycles. The Balaban J connectivity index is 1.87. The minimum absolute atomic E-state index is 0.0422. The third kappa shape index (κ3) is 3.36. The second-order valence-electron chi connectivity index (χ2n) is 5.19. The number of rotatable bonds is 5. The molecule has 0 radical (unpaired) electrons. The molecule has 5 heteroatoms. The second kappa shape index (κ2) is 6.52. The van der Waals surface area contributed by atoms with E-state index in [0.717, 1.165) is 12.8 Å². The van der Waals surface area contributed by atoms with Crippen LogP contribution in [-0.4, -0.2) is 28.6 Å². The van der Waals surface area contributed by atoms with E-state index in [2.05, 4.69) is 5.32 Å². The second-order valence-corrected chi connectivity index (χ2v) is 5.19. The zero-order valence-corrected chi connectivity index (χ0v) is 11.2. The van der Waals surface area contributed by atoms with Crippen molar-refractivity contribution in [2.24, 2.45) is 11.8 Å². The van der Waals surface area contributed by atoms with E-state index >= 15 is 0 Å². The SMILES string of the molecule is O=C(NCC1CCCC1C(=O)O)C(O)c1ccccc1. The van der Waals surface area contributed by atoms with Crippen LogP contribution in [0.1, 0.15) is 30.9 Å². The van der Waals surface area contributed by atoms with Gasteiger partial charge in [0.25, 0.3) is 5.91 Å². The van der Waals surface area contributed by atoms with Crippen molar-refractivity contribution in [2.75, 3.05) is 6.54 Å². The first-order valence-corrected chi connectivity index (χ1v) is 6.83. The third-order valence-corrected chi connectivity index (χ3v) is 3.88. The molecule has 0 heterocycles. The lowest BCUT2D eigenvalue weighted by molar-refractivity contribution is -0.143. The maximum atomic E-state index is 11.9. The van der Waals surface area contributed by atoms with Gasteiger partial charge < -0.3 is 15.5 Å². The van der Waals surface area contributed by atoms with Gasteiger partial charge in [0.1, 0.15) is 0 Å². The van der Waals surface area contributed by atoms with Gasteiger partial charge in [-0.15, -0.1) is 0 Å². The lowest BCUT2D eigenvalue weighted by atomic mass is 9.96. The Morgan fingerprint density at radius 3 is 2.60 bits per heavy atom. The monoisotopic (exact) mass is 277 g/mol. The highest BCUT2D eigenvalue weighted by Gasteiger charge is 2.33. The van der Waals surface area contributed by atoms with Gasteiger partial charge in [-0.25, -0.2) is 0 Å². The number of carboxylic acids is 1. The average molecular weight is 277 g/mol. The van der Waals surface area contributed by atoms with Crippen molar-refractivity contribution in [3.8, 4) is 0 Å². The molecule has 5 nitrogen and oxygen atoms in total. The Morgan fingerprint density at radius 1 is 1.25 bits per heavy atom. The fourth-order valence-corrected chi connectivity index (χ4v) is 2.72. The van der Waals surface area contributed by atoms with Gasteiger partial charge >= 0.3 is 5.97 Å². The van der Waals surface area contributed by atoms with Crippen LogP contribution in [0.3, 0.4) is 0 Å². The fourth-order valence-electron chi connectivity index (χ4n) is 2.72. The predicted molar refractivity (Wildman–Crippen MR) is 72.9 cm³/mol. The first-order chi connectivity index (χ1) is 9.59. The highest BCUT2D eigenvalue weighted by Crippen LogP contribution is 2.31. The summed E-state index contributed by atoms with van der Waals surface area (Å²) in [5.74, 6) is -1.71. The molecule has 3 atom stereocenters. The van der Waals surface area contributed by atoms with Crippen LogP contribution < -0.4 is 5.32 Å². The molecule has 0 aromatic heterocycles. The number of aliphatic hydroxyl groups excluding tert-OH is 1. The van der Waals surface area contributed by atoms with Crippen LogP contribution >= 0.6 is 0 Å². The van der Waals surface area contributed by atoms with E-state index < -0.39 is 18.0 Å². The van der Waals surface area contributed by atoms with Gasteiger partial charge in [0.15, 0.2) is 6.10 Å². The van der Waals surface area contributed by atoms with E-state index in [0.29, 0.717) is 18.5 Å². The van der Waals surface area contributed by atoms with E-state index in [-0.39, 0.29) is 11.8 Å². The van der Waals surface area contributed by atoms with Crippen molar-refractivity contribution in [1.82, 2.24) is 5.32 Å². The van der Waals surface area contributed by atoms with E-state index in [1.807, 2.05) is 6.07 Å². The maximum absolute atomic E-state index is 11.9. The topological polar surface area (TPSA) is 86.6 Å². The molecule has 1 amide bonds. The number of hydrogen-bond donors (Lipinski definition) is 3. The lowest BCUT2D eigenvalue weighted by Crippen LogP contribution is -2.35. The van der Waals surface area contributed by atoms with Crippen LogP contribution in [0.4, 0.5) is 0 Å². The van der Waals surface area contributed by atoms with Crippen LogP contribution in [0.5, 0.6) is 0 Å². The summed E-state index contributed by atoms with van der Waals surface area (Å²) in [5.41, 5.74) is 0.534. The van der Waals surface area contributed by atoms with Crippen LogP contribution in [0.25, 0.3) is 0 Å². The van der Waals surface area contributed by atoms with Crippen molar-refractivity contribution in [2.45, 2.75) is 25.4 Å². The molecule has 1 aromatic carbocycles. The summed E-state index contributed by atoms with van der Waals surface area (Å²) in [6.45, 7) is 0.305. The standard InChI is InChI=1S/C15H19NO4/c17-13(10-5-2-1-3-6-10)14(18)16-9-11-7-4-8-12(11)15(19)20/h1-3,5-6,11-13,17H,4,7-9H2,(H,16,18)(H,19,20). The highest BCUT2D eigenvalue weighted by atomic mass is 16.4. The molecule has 108 valence electrons. The number of hydrogen-bond acceptors (Lipinski definition) is 3. The van der Waals surface area contributed by atoms with Gasteiger partial charge in [-0.05, 0) is 24.3 Å². The molecule has 3 N–H and O–H groups in total. The largest absolute Gasteiger partial charge is 0.481 e. The molecular weight excluding hydrogens is 258 g/mol. The van der Waals surface area contributed by atoms with Crippen molar-refractivity contribution in [3.05, 3.63) is 35.9 Å². The molecule has 1 fully saturated rings. The maximum Gasteiger partial charge on any atom is 0.306 e. The average Bonchev–Trinajstić information content (AvgIpc) is 2.93. The Hall–Kier alpha value is -1.88. The number of benzene rings is 1. The van der Waals surface area contributed by atoms with Crippen LogP contribution in [0.2, 0.25) is 0 Å². The van der Waals surface area contributed by atoms with Crippen molar-refractivity contribution >= 4 is 11.9 Å². The van der Waals surface area contributed by atoms with Crippen molar-refractivity contribution < 1.29 is 19.8 Å². The predicted octanol–water partition coefficient (Wildman–Crippen LogP) is 1.34. The molecule has 1 aliphatic rings. The molecule has 2 rings (SSSR count). The zero-order valence-electron chi connectivity index (χ0n) is 11.2. The van der Waals surface area contributed by atoms with E-state index in [1.165, 1.54) is 0 Å². The summed E-state index contributed by atoms with van der Waals surface area (Å²) >= 11 is 0. The van der Waals surface area contributed by atoms with Gasteiger partial charge in [0.05, 0.1) is 5.92 Å². The van der Waals surface area contributed by atoms with Gasteiger partial charge in [0.2, 0.25) is 0 Å². The Labute approximate surface area is 117 Å². The van der Waals surface area contributed by atoms with Gasteiger partial charge in [-0.3, -0.25) is 9.59 Å². The highest BCUT2D eigenvalue weighted by molar-refractivity contribution is 5.82.